The van der Waals surface area contributed by atoms with Crippen LogP contribution in [0.25, 0.3) is 5.57 Å². The molecule has 0 spiro atoms. The molecule has 3 fully saturated rings. The van der Waals surface area contributed by atoms with E-state index < -0.39 is 0 Å². The smallest absolute Gasteiger partial charge is 0.251 e. The summed E-state index contributed by atoms with van der Waals surface area (Å²) in [7, 11) is 1.68. The number of benzene rings is 1. The van der Waals surface area contributed by atoms with E-state index in [9.17, 15) is 4.79 Å². The Bertz CT molecular complexity index is 812. The maximum absolute atomic E-state index is 12.9. The molecular formula is C25H33NO2. The first-order chi connectivity index (χ1) is 13.4. The van der Waals surface area contributed by atoms with Crippen LogP contribution in [0.15, 0.2) is 30.3 Å². The molecule has 3 heteroatoms. The van der Waals surface area contributed by atoms with Crippen LogP contribution in [0.4, 0.5) is 0 Å². The van der Waals surface area contributed by atoms with E-state index >= 15 is 0 Å². The molecule has 0 unspecified atom stereocenters. The van der Waals surface area contributed by atoms with Crippen LogP contribution in [-0.2, 0) is 4.79 Å². The van der Waals surface area contributed by atoms with Crippen molar-refractivity contribution in [3.63, 3.8) is 0 Å². The minimum atomic E-state index is 0.0655. The Balaban J connectivity index is 1.52. The molecule has 3 saturated carbocycles. The van der Waals surface area contributed by atoms with Crippen molar-refractivity contribution in [3.8, 4) is 5.75 Å². The molecule has 1 aromatic rings. The molecule has 0 saturated heterocycles. The lowest BCUT2D eigenvalue weighted by atomic mass is 9.48. The number of methoxy groups -OCH3 is 1. The molecule has 1 N–H and O–H groups in total. The number of hydrogen-bond donors (Lipinski definition) is 1. The summed E-state index contributed by atoms with van der Waals surface area (Å²) in [5, 5.41) is 3.40. The summed E-state index contributed by atoms with van der Waals surface area (Å²) in [5.41, 5.74) is 2.49. The normalized spacial score (nSPS) is 42.0. The number of fused-ring (bicyclic) bond motifs is 5. The Morgan fingerprint density at radius 2 is 1.79 bits per heavy atom. The van der Waals surface area contributed by atoms with Crippen LogP contribution >= 0.6 is 0 Å². The molecule has 1 aromatic carbocycles. The lowest BCUT2D eigenvalue weighted by Crippen LogP contribution is -2.59. The van der Waals surface area contributed by atoms with Gasteiger partial charge in [-0.15, -0.1) is 0 Å². The van der Waals surface area contributed by atoms with Gasteiger partial charge in [0.1, 0.15) is 5.75 Å². The fourth-order valence-electron chi connectivity index (χ4n) is 7.42. The summed E-state index contributed by atoms with van der Waals surface area (Å²) in [5.74, 6) is 3.32. The molecule has 1 heterocycles. The molecule has 0 bridgehead atoms. The molecule has 0 radical (unpaired) electrons. The first-order valence-corrected chi connectivity index (χ1v) is 11.1. The second kappa shape index (κ2) is 6.37. The van der Waals surface area contributed by atoms with Crippen molar-refractivity contribution in [2.75, 3.05) is 7.11 Å². The summed E-state index contributed by atoms with van der Waals surface area (Å²) < 4.78 is 5.29. The molecule has 0 aromatic heterocycles. The first-order valence-electron chi connectivity index (χ1n) is 11.1. The Labute approximate surface area is 168 Å². The van der Waals surface area contributed by atoms with E-state index in [1.165, 1.54) is 38.5 Å². The van der Waals surface area contributed by atoms with Gasteiger partial charge in [-0.1, -0.05) is 38.5 Å². The number of hydrogen-bond acceptors (Lipinski definition) is 2. The number of rotatable bonds is 2. The second-order valence-corrected chi connectivity index (χ2v) is 10.2. The highest BCUT2D eigenvalue weighted by molar-refractivity contribution is 6.20. The number of nitrogens with one attached hydrogen (secondary N) is 1. The quantitative estimate of drug-likeness (QED) is 0.766. The monoisotopic (exact) mass is 379 g/mol. The van der Waals surface area contributed by atoms with Gasteiger partial charge in [-0.25, -0.2) is 0 Å². The van der Waals surface area contributed by atoms with E-state index in [1.54, 1.807) is 7.11 Å². The van der Waals surface area contributed by atoms with Crippen molar-refractivity contribution >= 4 is 11.5 Å². The van der Waals surface area contributed by atoms with Gasteiger partial charge < -0.3 is 10.1 Å². The first kappa shape index (κ1) is 18.3. The molecular weight excluding hydrogens is 346 g/mol. The van der Waals surface area contributed by atoms with Gasteiger partial charge in [0, 0.05) is 17.0 Å². The molecule has 5 rings (SSSR count). The Morgan fingerprint density at radius 3 is 2.54 bits per heavy atom. The number of carbonyl (C=O) groups excluding carboxylic acids is 1. The fraction of sp³-hybridized carbons (Fsp3) is 0.640. The Kier molecular flexibility index (Phi) is 4.16. The van der Waals surface area contributed by atoms with E-state index in [-0.39, 0.29) is 17.4 Å². The molecule has 1 amide bonds. The lowest BCUT2D eigenvalue weighted by Gasteiger charge is -2.58. The van der Waals surface area contributed by atoms with E-state index in [0.717, 1.165) is 35.1 Å². The van der Waals surface area contributed by atoms with Crippen LogP contribution in [0.1, 0.15) is 64.4 Å². The zero-order valence-electron chi connectivity index (χ0n) is 17.5. The number of ether oxygens (including phenoxy) is 1. The highest BCUT2D eigenvalue weighted by Crippen LogP contribution is 2.63. The van der Waals surface area contributed by atoms with Crippen LogP contribution < -0.4 is 10.1 Å². The van der Waals surface area contributed by atoms with E-state index in [2.05, 4.69) is 25.2 Å². The van der Waals surface area contributed by atoms with Crippen molar-refractivity contribution in [1.29, 1.82) is 0 Å². The van der Waals surface area contributed by atoms with Gasteiger partial charge in [0.25, 0.3) is 5.91 Å². The third-order valence-electron chi connectivity index (χ3n) is 8.96. The van der Waals surface area contributed by atoms with Crippen LogP contribution in [0.2, 0.25) is 0 Å². The van der Waals surface area contributed by atoms with Crippen LogP contribution in [0.3, 0.4) is 0 Å². The van der Waals surface area contributed by atoms with Gasteiger partial charge in [0.05, 0.1) is 7.11 Å². The topological polar surface area (TPSA) is 38.3 Å². The third-order valence-corrected chi connectivity index (χ3v) is 8.96. The molecule has 3 aliphatic carbocycles. The van der Waals surface area contributed by atoms with Gasteiger partial charge >= 0.3 is 0 Å². The lowest BCUT2D eigenvalue weighted by molar-refractivity contribution is -0.120. The summed E-state index contributed by atoms with van der Waals surface area (Å²) in [4.78, 5) is 12.9. The Morgan fingerprint density at radius 1 is 1.00 bits per heavy atom. The summed E-state index contributed by atoms with van der Waals surface area (Å²) in [6.45, 7) is 4.98. The largest absolute Gasteiger partial charge is 0.497 e. The second-order valence-electron chi connectivity index (χ2n) is 10.2. The summed E-state index contributed by atoms with van der Waals surface area (Å²) in [6.07, 6.45) is 11.7. The van der Waals surface area contributed by atoms with E-state index in [1.807, 2.05) is 24.3 Å². The SMILES string of the molecule is COc1ccc(C2=C[C@@]3(C)[C@@H](CC[C@H]4[C@@H]5CCC[C@@]5(C)CC[C@@H]43)NC2=O)cc1. The summed E-state index contributed by atoms with van der Waals surface area (Å²) in [6, 6.07) is 8.22. The van der Waals surface area contributed by atoms with Gasteiger partial charge in [-0.3, -0.25) is 4.79 Å². The molecule has 6 atom stereocenters. The van der Waals surface area contributed by atoms with Gasteiger partial charge in [-0.05, 0) is 79.4 Å². The number of amides is 1. The maximum atomic E-state index is 12.9. The summed E-state index contributed by atoms with van der Waals surface area (Å²) >= 11 is 0. The third kappa shape index (κ3) is 2.58. The molecule has 1 aliphatic heterocycles. The molecule has 3 nitrogen and oxygen atoms in total. The zero-order chi connectivity index (χ0) is 19.5. The average molecular weight is 380 g/mol. The number of carbonyl (C=O) groups is 1. The predicted molar refractivity (Wildman–Crippen MR) is 112 cm³/mol. The van der Waals surface area contributed by atoms with Crippen LogP contribution in [0.5, 0.6) is 5.75 Å². The minimum Gasteiger partial charge on any atom is -0.497 e. The minimum absolute atomic E-state index is 0.0655. The average Bonchev–Trinajstić information content (AvgIpc) is 3.10. The van der Waals surface area contributed by atoms with Crippen LogP contribution in [-0.4, -0.2) is 19.1 Å². The van der Waals surface area contributed by atoms with Crippen molar-refractivity contribution < 1.29 is 9.53 Å². The van der Waals surface area contributed by atoms with Gasteiger partial charge in [0.2, 0.25) is 0 Å². The van der Waals surface area contributed by atoms with Crippen molar-refractivity contribution in [2.45, 2.75) is 64.8 Å². The fourth-order valence-corrected chi connectivity index (χ4v) is 7.42. The molecule has 4 aliphatic rings. The van der Waals surface area contributed by atoms with Crippen LogP contribution in [0, 0.1) is 28.6 Å². The van der Waals surface area contributed by atoms with Gasteiger partial charge in [-0.2, -0.15) is 0 Å². The Hall–Kier alpha value is -1.77. The van der Waals surface area contributed by atoms with Crippen molar-refractivity contribution in [2.24, 2.45) is 28.6 Å². The van der Waals surface area contributed by atoms with Crippen molar-refractivity contribution in [3.05, 3.63) is 35.9 Å². The standard InChI is InChI=1S/C25H33NO2/c1-24-13-4-5-20(24)18-10-11-22-25(2,21(18)12-14-24)15-19(23(27)26-22)16-6-8-17(28-3)9-7-16/h6-9,15,18,20-22H,4-5,10-14H2,1-3H3,(H,26,27)/t18-,20-,21-,22+,24-,25+/m0/s1. The van der Waals surface area contributed by atoms with Gasteiger partial charge in [0.15, 0.2) is 0 Å². The van der Waals surface area contributed by atoms with E-state index in [0.29, 0.717) is 11.3 Å². The predicted octanol–water partition coefficient (Wildman–Crippen LogP) is 5.21. The van der Waals surface area contributed by atoms with Crippen molar-refractivity contribution in [1.82, 2.24) is 5.32 Å². The highest BCUT2D eigenvalue weighted by Gasteiger charge is 2.57. The molecule has 28 heavy (non-hydrogen) atoms. The maximum Gasteiger partial charge on any atom is 0.251 e. The molecule has 150 valence electrons. The zero-order valence-corrected chi connectivity index (χ0v) is 17.5. The highest BCUT2D eigenvalue weighted by atomic mass is 16.5. The van der Waals surface area contributed by atoms with E-state index in [4.69, 9.17) is 4.74 Å².